The number of carbonyl (C=O) groups is 2. The van der Waals surface area contributed by atoms with E-state index in [4.69, 9.17) is 16.3 Å². The molecule has 0 aromatic heterocycles. The van der Waals surface area contributed by atoms with Crippen molar-refractivity contribution in [3.05, 3.63) is 64.2 Å². The third kappa shape index (κ3) is 3.19. The number of hydrogen-bond acceptors (Lipinski definition) is 5. The lowest BCUT2D eigenvalue weighted by Gasteiger charge is -2.11. The molecule has 0 fully saturated rings. The van der Waals surface area contributed by atoms with Gasteiger partial charge in [0.2, 0.25) is 0 Å². The van der Waals surface area contributed by atoms with E-state index in [0.29, 0.717) is 5.56 Å². The molecule has 1 aliphatic heterocycles. The Kier molecular flexibility index (Phi) is 4.67. The second-order valence-electron chi connectivity index (χ2n) is 5.65. The van der Waals surface area contributed by atoms with Crippen LogP contribution in [0.3, 0.4) is 0 Å². The molecule has 1 heterocycles. The summed E-state index contributed by atoms with van der Waals surface area (Å²) in [6.07, 6.45) is 0. The fourth-order valence-electron chi connectivity index (χ4n) is 2.96. The summed E-state index contributed by atoms with van der Waals surface area (Å²) in [6, 6.07) is 11.1. The summed E-state index contributed by atoms with van der Waals surface area (Å²) in [6.45, 7) is 1.78. The third-order valence-corrected chi connectivity index (χ3v) is 6.07. The lowest BCUT2D eigenvalue weighted by atomic mass is 9.95. The number of hydrogen-bond donors (Lipinski definition) is 0. The quantitative estimate of drug-likeness (QED) is 0.603. The van der Waals surface area contributed by atoms with E-state index in [1.807, 2.05) is 0 Å². The van der Waals surface area contributed by atoms with Gasteiger partial charge < -0.3 is 4.74 Å². The summed E-state index contributed by atoms with van der Waals surface area (Å²) in [4.78, 5) is 24.8. The minimum Gasteiger partial charge on any atom is -0.465 e. The van der Waals surface area contributed by atoms with E-state index in [0.717, 1.165) is 0 Å². The number of carbonyl (C=O) groups excluding carboxylic acids is 2. The Balaban J connectivity index is 2.19. The highest BCUT2D eigenvalue weighted by molar-refractivity contribution is 7.92. The first-order chi connectivity index (χ1) is 11.8. The van der Waals surface area contributed by atoms with Gasteiger partial charge in [-0.25, -0.2) is 8.42 Å². The van der Waals surface area contributed by atoms with E-state index >= 15 is 0 Å². The zero-order chi connectivity index (χ0) is 18.2. The van der Waals surface area contributed by atoms with Crippen molar-refractivity contribution in [3.63, 3.8) is 0 Å². The summed E-state index contributed by atoms with van der Waals surface area (Å²) in [7, 11) is -3.80. The maximum absolute atomic E-state index is 12.8. The minimum absolute atomic E-state index is 0.0134. The van der Waals surface area contributed by atoms with E-state index < -0.39 is 33.3 Å². The zero-order valence-electron chi connectivity index (χ0n) is 13.4. The summed E-state index contributed by atoms with van der Waals surface area (Å²) in [5, 5.41) is 0.199. The molecule has 1 atom stereocenters. The Morgan fingerprint density at radius 3 is 2.52 bits per heavy atom. The van der Waals surface area contributed by atoms with Gasteiger partial charge >= 0.3 is 5.97 Å². The molecule has 1 aliphatic rings. The lowest BCUT2D eigenvalue weighted by molar-refractivity contribution is -0.144. The molecule has 5 nitrogen and oxygen atoms in total. The molecule has 0 saturated carbocycles. The van der Waals surface area contributed by atoms with Crippen molar-refractivity contribution in [2.75, 3.05) is 12.4 Å². The average Bonchev–Trinajstić information content (AvgIpc) is 2.85. The Bertz CT molecular complexity index is 951. The van der Waals surface area contributed by atoms with Gasteiger partial charge in [-0.05, 0) is 24.6 Å². The van der Waals surface area contributed by atoms with Gasteiger partial charge in [0.05, 0.1) is 23.2 Å². The number of benzene rings is 2. The first-order valence-electron chi connectivity index (χ1n) is 7.67. The number of ketones is 1. The average molecular weight is 379 g/mol. The normalized spacial score (nSPS) is 17.8. The first kappa shape index (κ1) is 17.6. The second kappa shape index (κ2) is 6.61. The van der Waals surface area contributed by atoms with E-state index in [9.17, 15) is 18.0 Å². The molecule has 0 spiro atoms. The standard InChI is InChI=1S/C18H15ClO5S/c1-2-24-18(21)15-10-25(22,23)17-13(15)8-12(19)9-14(17)16(20)11-6-4-3-5-7-11/h3-9,15H,2,10H2,1H3/t15-/m1/s1. The fraction of sp³-hybridized carbons (Fsp3) is 0.222. The number of fused-ring (bicyclic) bond motifs is 1. The Morgan fingerprint density at radius 1 is 1.20 bits per heavy atom. The maximum Gasteiger partial charge on any atom is 0.314 e. The Hall–Kier alpha value is -2.18. The third-order valence-electron chi connectivity index (χ3n) is 4.01. The summed E-state index contributed by atoms with van der Waals surface area (Å²) in [5.41, 5.74) is 0.562. The number of halogens is 1. The largest absolute Gasteiger partial charge is 0.465 e. The second-order valence-corrected chi connectivity index (χ2v) is 8.06. The minimum atomic E-state index is -3.80. The van der Waals surface area contributed by atoms with Crippen LogP contribution in [0.4, 0.5) is 0 Å². The van der Waals surface area contributed by atoms with Gasteiger partial charge in [0, 0.05) is 16.1 Å². The molecular weight excluding hydrogens is 364 g/mol. The van der Waals surface area contributed by atoms with Crippen molar-refractivity contribution < 1.29 is 22.7 Å². The van der Waals surface area contributed by atoms with Gasteiger partial charge in [0.25, 0.3) is 0 Å². The van der Waals surface area contributed by atoms with Crippen LogP contribution in [0.2, 0.25) is 5.02 Å². The Labute approximate surface area is 150 Å². The van der Waals surface area contributed by atoms with Crippen molar-refractivity contribution in [2.24, 2.45) is 0 Å². The molecule has 0 saturated heterocycles. The van der Waals surface area contributed by atoms with Crippen LogP contribution in [0.5, 0.6) is 0 Å². The van der Waals surface area contributed by atoms with Crippen LogP contribution in [0, 0.1) is 0 Å². The van der Waals surface area contributed by atoms with Gasteiger partial charge in [-0.3, -0.25) is 9.59 Å². The summed E-state index contributed by atoms with van der Waals surface area (Å²) in [5.74, 6) is -2.48. The van der Waals surface area contributed by atoms with E-state index in [2.05, 4.69) is 0 Å². The van der Waals surface area contributed by atoms with E-state index in [1.54, 1.807) is 37.3 Å². The van der Waals surface area contributed by atoms with Gasteiger partial charge in [-0.15, -0.1) is 0 Å². The van der Waals surface area contributed by atoms with Gasteiger partial charge in [-0.2, -0.15) is 0 Å². The molecule has 7 heteroatoms. The van der Waals surface area contributed by atoms with Crippen molar-refractivity contribution >= 4 is 33.2 Å². The smallest absolute Gasteiger partial charge is 0.314 e. The van der Waals surface area contributed by atoms with Gasteiger partial charge in [0.15, 0.2) is 15.6 Å². The van der Waals surface area contributed by atoms with Crippen LogP contribution in [-0.2, 0) is 19.4 Å². The topological polar surface area (TPSA) is 77.5 Å². The lowest BCUT2D eigenvalue weighted by Crippen LogP contribution is -2.17. The molecule has 0 radical (unpaired) electrons. The fourth-order valence-corrected chi connectivity index (χ4v) is 5.16. The molecule has 25 heavy (non-hydrogen) atoms. The number of rotatable bonds is 4. The predicted octanol–water partition coefficient (Wildman–Crippen LogP) is 3.01. The molecule has 3 rings (SSSR count). The van der Waals surface area contributed by atoms with Crippen LogP contribution in [0.15, 0.2) is 47.4 Å². The molecule has 0 bridgehead atoms. The maximum atomic E-state index is 12.8. The van der Waals surface area contributed by atoms with Gasteiger partial charge in [-0.1, -0.05) is 41.9 Å². The highest BCUT2D eigenvalue weighted by atomic mass is 35.5. The van der Waals surface area contributed by atoms with Crippen molar-refractivity contribution in [1.29, 1.82) is 0 Å². The molecule has 0 unspecified atom stereocenters. The van der Waals surface area contributed by atoms with E-state index in [1.165, 1.54) is 12.1 Å². The molecule has 130 valence electrons. The number of sulfone groups is 1. The highest BCUT2D eigenvalue weighted by Crippen LogP contribution is 2.40. The van der Waals surface area contributed by atoms with Crippen LogP contribution >= 0.6 is 11.6 Å². The predicted molar refractivity (Wildman–Crippen MR) is 92.8 cm³/mol. The molecule has 2 aromatic carbocycles. The molecule has 0 aliphatic carbocycles. The van der Waals surface area contributed by atoms with Crippen molar-refractivity contribution in [2.45, 2.75) is 17.7 Å². The first-order valence-corrected chi connectivity index (χ1v) is 9.70. The van der Waals surface area contributed by atoms with Crippen LogP contribution < -0.4 is 0 Å². The van der Waals surface area contributed by atoms with E-state index in [-0.39, 0.29) is 27.7 Å². The summed E-state index contributed by atoms with van der Waals surface area (Å²) < 4.78 is 30.2. The monoisotopic (exact) mass is 378 g/mol. The van der Waals surface area contributed by atoms with Crippen LogP contribution in [0.1, 0.15) is 34.3 Å². The molecule has 0 amide bonds. The Morgan fingerprint density at radius 2 is 1.88 bits per heavy atom. The van der Waals surface area contributed by atoms with Crippen LogP contribution in [-0.4, -0.2) is 32.5 Å². The number of esters is 1. The van der Waals surface area contributed by atoms with Gasteiger partial charge in [0.1, 0.15) is 0 Å². The summed E-state index contributed by atoms with van der Waals surface area (Å²) >= 11 is 6.10. The zero-order valence-corrected chi connectivity index (χ0v) is 14.9. The number of ether oxygens (including phenoxy) is 1. The van der Waals surface area contributed by atoms with Crippen molar-refractivity contribution in [3.8, 4) is 0 Å². The van der Waals surface area contributed by atoms with Crippen molar-refractivity contribution in [1.82, 2.24) is 0 Å². The molecule has 2 aromatic rings. The molecular formula is C18H15ClO5S. The molecule has 0 N–H and O–H groups in total. The highest BCUT2D eigenvalue weighted by Gasteiger charge is 2.43. The SMILES string of the molecule is CCOC(=O)[C@@H]1CS(=O)(=O)c2c(C(=O)c3ccccc3)cc(Cl)cc21. The van der Waals surface area contributed by atoms with Crippen LogP contribution in [0.25, 0.3) is 0 Å².